The number of aromatic nitrogens is 2. The van der Waals surface area contributed by atoms with Crippen LogP contribution in [-0.4, -0.2) is 41.5 Å². The Morgan fingerprint density at radius 2 is 2.50 bits per heavy atom. The summed E-state index contributed by atoms with van der Waals surface area (Å²) in [5.74, 6) is 1.43. The highest BCUT2D eigenvalue weighted by molar-refractivity contribution is 7.17. The maximum Gasteiger partial charge on any atom is 0.268 e. The molecule has 0 aliphatic carbocycles. The number of hydrogen-bond donors (Lipinski definition) is 2. The first-order chi connectivity index (χ1) is 9.72. The second kappa shape index (κ2) is 6.03. The standard InChI is InChI=1S/C14H20N4OS/c1-18-5-2-3-10(9-18)7-15-8-12-16-11-4-6-20-13(11)14(19)17-12/h4,6,10,15H,2-3,5,7-9H2,1H3,(H,16,17,19). The van der Waals surface area contributed by atoms with Crippen molar-refractivity contribution in [1.82, 2.24) is 20.2 Å². The molecule has 0 amide bonds. The van der Waals surface area contributed by atoms with Crippen LogP contribution in [0.25, 0.3) is 10.2 Å². The average molecular weight is 292 g/mol. The molecule has 0 saturated carbocycles. The van der Waals surface area contributed by atoms with E-state index in [9.17, 15) is 4.79 Å². The van der Waals surface area contributed by atoms with E-state index in [2.05, 4.69) is 27.2 Å². The van der Waals surface area contributed by atoms with Gasteiger partial charge in [0.25, 0.3) is 5.56 Å². The molecule has 0 spiro atoms. The predicted molar refractivity (Wildman–Crippen MR) is 82.2 cm³/mol. The molecule has 3 heterocycles. The highest BCUT2D eigenvalue weighted by Crippen LogP contribution is 2.15. The van der Waals surface area contributed by atoms with Crippen LogP contribution in [0.3, 0.4) is 0 Å². The molecule has 1 aliphatic rings. The molecule has 1 atom stereocenters. The molecule has 0 aromatic carbocycles. The highest BCUT2D eigenvalue weighted by atomic mass is 32.1. The number of fused-ring (bicyclic) bond motifs is 1. The fourth-order valence-electron chi connectivity index (χ4n) is 2.84. The fraction of sp³-hybridized carbons (Fsp3) is 0.571. The van der Waals surface area contributed by atoms with Gasteiger partial charge in [-0.3, -0.25) is 4.79 Å². The third kappa shape index (κ3) is 3.08. The van der Waals surface area contributed by atoms with Crippen LogP contribution in [0.4, 0.5) is 0 Å². The van der Waals surface area contributed by atoms with Gasteiger partial charge in [-0.15, -0.1) is 11.3 Å². The molecule has 20 heavy (non-hydrogen) atoms. The van der Waals surface area contributed by atoms with E-state index >= 15 is 0 Å². The first-order valence-corrected chi connectivity index (χ1v) is 7.96. The zero-order chi connectivity index (χ0) is 13.9. The van der Waals surface area contributed by atoms with E-state index < -0.39 is 0 Å². The zero-order valence-corrected chi connectivity index (χ0v) is 12.5. The highest BCUT2D eigenvalue weighted by Gasteiger charge is 2.16. The molecule has 2 N–H and O–H groups in total. The predicted octanol–water partition coefficient (Wildman–Crippen LogP) is 1.42. The first-order valence-electron chi connectivity index (χ1n) is 7.08. The summed E-state index contributed by atoms with van der Waals surface area (Å²) in [6.07, 6.45) is 2.56. The largest absolute Gasteiger partial charge is 0.310 e. The van der Waals surface area contributed by atoms with Gasteiger partial charge in [-0.2, -0.15) is 0 Å². The van der Waals surface area contributed by atoms with E-state index in [0.717, 1.165) is 24.4 Å². The monoisotopic (exact) mass is 292 g/mol. The van der Waals surface area contributed by atoms with E-state index in [-0.39, 0.29) is 5.56 Å². The second-order valence-electron chi connectivity index (χ2n) is 5.55. The summed E-state index contributed by atoms with van der Waals surface area (Å²) >= 11 is 1.44. The van der Waals surface area contributed by atoms with Crippen LogP contribution in [0.5, 0.6) is 0 Å². The van der Waals surface area contributed by atoms with Gasteiger partial charge < -0.3 is 15.2 Å². The van der Waals surface area contributed by atoms with E-state index in [1.165, 1.54) is 30.7 Å². The summed E-state index contributed by atoms with van der Waals surface area (Å²) in [5, 5.41) is 5.32. The van der Waals surface area contributed by atoms with Crippen molar-refractivity contribution < 1.29 is 0 Å². The average Bonchev–Trinajstić information content (AvgIpc) is 2.88. The SMILES string of the molecule is CN1CCCC(CNCc2nc3ccsc3c(=O)[nH]2)C1. The third-order valence-electron chi connectivity index (χ3n) is 3.81. The van der Waals surface area contributed by atoms with Gasteiger partial charge in [-0.1, -0.05) is 0 Å². The van der Waals surface area contributed by atoms with E-state index in [4.69, 9.17) is 0 Å². The Bertz CT molecular complexity index is 635. The second-order valence-corrected chi connectivity index (χ2v) is 6.47. The summed E-state index contributed by atoms with van der Waals surface area (Å²) in [5.41, 5.74) is 0.771. The minimum Gasteiger partial charge on any atom is -0.310 e. The summed E-state index contributed by atoms with van der Waals surface area (Å²) in [6, 6.07) is 1.90. The number of H-pyrrole nitrogens is 1. The van der Waals surface area contributed by atoms with E-state index in [1.807, 2.05) is 11.4 Å². The van der Waals surface area contributed by atoms with Crippen molar-refractivity contribution in [2.45, 2.75) is 19.4 Å². The quantitative estimate of drug-likeness (QED) is 0.894. The molecule has 0 bridgehead atoms. The molecule has 1 saturated heterocycles. The number of thiophene rings is 1. The molecular formula is C14H20N4OS. The van der Waals surface area contributed by atoms with E-state index in [0.29, 0.717) is 17.2 Å². The van der Waals surface area contributed by atoms with Crippen molar-refractivity contribution in [3.05, 3.63) is 27.6 Å². The summed E-state index contributed by atoms with van der Waals surface area (Å²) < 4.78 is 0.711. The lowest BCUT2D eigenvalue weighted by Crippen LogP contribution is -2.37. The number of likely N-dealkylation sites (tertiary alicyclic amines) is 1. The summed E-state index contributed by atoms with van der Waals surface area (Å²) in [6.45, 7) is 3.97. The van der Waals surface area contributed by atoms with E-state index in [1.54, 1.807) is 0 Å². The normalized spacial score (nSPS) is 20.6. The zero-order valence-electron chi connectivity index (χ0n) is 11.7. The van der Waals surface area contributed by atoms with Crippen LogP contribution in [0.2, 0.25) is 0 Å². The van der Waals surface area contributed by atoms with Crippen LogP contribution in [-0.2, 0) is 6.54 Å². The molecule has 2 aromatic rings. The van der Waals surface area contributed by atoms with Crippen LogP contribution < -0.4 is 10.9 Å². The molecule has 2 aromatic heterocycles. The lowest BCUT2D eigenvalue weighted by atomic mass is 9.98. The Morgan fingerprint density at radius 3 is 3.35 bits per heavy atom. The van der Waals surface area contributed by atoms with Crippen LogP contribution in [0.15, 0.2) is 16.2 Å². The molecule has 1 unspecified atom stereocenters. The molecule has 3 rings (SSSR count). The van der Waals surface area contributed by atoms with Crippen molar-refractivity contribution in [2.24, 2.45) is 5.92 Å². The van der Waals surface area contributed by atoms with Crippen molar-refractivity contribution in [2.75, 3.05) is 26.7 Å². The smallest absolute Gasteiger partial charge is 0.268 e. The third-order valence-corrected chi connectivity index (χ3v) is 4.71. The van der Waals surface area contributed by atoms with Crippen LogP contribution in [0, 0.1) is 5.92 Å². The van der Waals surface area contributed by atoms with Crippen LogP contribution in [0.1, 0.15) is 18.7 Å². The number of aromatic amines is 1. The molecule has 6 heteroatoms. The topological polar surface area (TPSA) is 61.0 Å². The van der Waals surface area contributed by atoms with Gasteiger partial charge in [-0.25, -0.2) is 4.98 Å². The van der Waals surface area contributed by atoms with Gasteiger partial charge in [0.2, 0.25) is 0 Å². The lowest BCUT2D eigenvalue weighted by molar-refractivity contribution is 0.206. The molecule has 108 valence electrons. The van der Waals surface area contributed by atoms with Gasteiger partial charge in [0, 0.05) is 6.54 Å². The Balaban J connectivity index is 1.58. The van der Waals surface area contributed by atoms with Gasteiger partial charge >= 0.3 is 0 Å². The number of nitrogens with one attached hydrogen (secondary N) is 2. The molecule has 5 nitrogen and oxygen atoms in total. The van der Waals surface area contributed by atoms with Crippen molar-refractivity contribution in [3.8, 4) is 0 Å². The Morgan fingerprint density at radius 1 is 1.60 bits per heavy atom. The van der Waals surface area contributed by atoms with Crippen LogP contribution >= 0.6 is 11.3 Å². The Labute approximate surface area is 122 Å². The number of hydrogen-bond acceptors (Lipinski definition) is 5. The van der Waals surface area contributed by atoms with Gasteiger partial charge in [0.05, 0.1) is 12.1 Å². The van der Waals surface area contributed by atoms with Crippen molar-refractivity contribution in [3.63, 3.8) is 0 Å². The molecule has 0 radical (unpaired) electrons. The number of rotatable bonds is 4. The number of nitrogens with zero attached hydrogens (tertiary/aromatic N) is 2. The minimum absolute atomic E-state index is 0.0285. The van der Waals surface area contributed by atoms with Crippen molar-refractivity contribution >= 4 is 21.6 Å². The van der Waals surface area contributed by atoms with Gasteiger partial charge in [0.15, 0.2) is 0 Å². The molecule has 1 fully saturated rings. The Kier molecular flexibility index (Phi) is 4.14. The molecular weight excluding hydrogens is 272 g/mol. The van der Waals surface area contributed by atoms with Crippen molar-refractivity contribution in [1.29, 1.82) is 0 Å². The van der Waals surface area contributed by atoms with Gasteiger partial charge in [-0.05, 0) is 50.3 Å². The maximum absolute atomic E-state index is 11.8. The lowest BCUT2D eigenvalue weighted by Gasteiger charge is -2.29. The minimum atomic E-state index is -0.0285. The maximum atomic E-state index is 11.8. The molecule has 1 aliphatic heterocycles. The first kappa shape index (κ1) is 13.7. The number of piperidine rings is 1. The Hall–Kier alpha value is -1.24. The van der Waals surface area contributed by atoms with Gasteiger partial charge in [0.1, 0.15) is 10.5 Å². The summed E-state index contributed by atoms with van der Waals surface area (Å²) in [7, 11) is 2.18. The summed E-state index contributed by atoms with van der Waals surface area (Å²) in [4.78, 5) is 21.6. The fourth-order valence-corrected chi connectivity index (χ4v) is 3.57.